The Kier molecular flexibility index (Phi) is 3.80. The van der Waals surface area contributed by atoms with E-state index in [4.69, 9.17) is 0 Å². The van der Waals surface area contributed by atoms with Crippen molar-refractivity contribution in [3.05, 3.63) is 11.6 Å². The Morgan fingerprint density at radius 1 is 1.50 bits per heavy atom. The summed E-state index contributed by atoms with van der Waals surface area (Å²) in [6, 6.07) is 0. The lowest BCUT2D eigenvalue weighted by molar-refractivity contribution is 0.321. The van der Waals surface area contributed by atoms with Crippen LogP contribution < -0.4 is 0 Å². The lowest BCUT2D eigenvalue weighted by atomic mass is 9.99. The van der Waals surface area contributed by atoms with Crippen molar-refractivity contribution in [2.24, 2.45) is 5.92 Å². The van der Waals surface area contributed by atoms with Crippen molar-refractivity contribution < 1.29 is 0 Å². The average Bonchev–Trinajstić information content (AvgIpc) is 2.28. The molecule has 0 aliphatic carbocycles. The zero-order valence-electron chi connectivity index (χ0n) is 8.64. The highest BCUT2D eigenvalue weighted by atomic mass is 15.1. The molecule has 1 heterocycles. The number of hydrogen-bond donors (Lipinski definition) is 0. The monoisotopic (exact) mass is 167 g/mol. The fourth-order valence-corrected chi connectivity index (χ4v) is 1.76. The maximum atomic E-state index is 2.51. The molecule has 12 heavy (non-hydrogen) atoms. The first-order valence-corrected chi connectivity index (χ1v) is 5.15. The average molecular weight is 167 g/mol. The highest BCUT2D eigenvalue weighted by molar-refractivity contribution is 5.07. The molecule has 0 spiro atoms. The van der Waals surface area contributed by atoms with Crippen LogP contribution in [0.1, 0.15) is 33.6 Å². The predicted octanol–water partition coefficient (Wildman–Crippen LogP) is 2.68. The van der Waals surface area contributed by atoms with Gasteiger partial charge >= 0.3 is 0 Å². The third-order valence-corrected chi connectivity index (χ3v) is 2.74. The molecule has 0 aromatic heterocycles. The molecular formula is C11H21N. The number of rotatable bonds is 2. The van der Waals surface area contributed by atoms with Crippen LogP contribution in [-0.2, 0) is 0 Å². The Balaban J connectivity index is 2.50. The minimum atomic E-state index is 0.752. The summed E-state index contributed by atoms with van der Waals surface area (Å²) in [5.41, 5.74) is 1.66. The standard InChI is InChI=1S/C11H21N/c1-4-12-8-5-6-11(7-9-12)10(2)3/h7,10H,4-6,8-9H2,1-3H3. The van der Waals surface area contributed by atoms with Gasteiger partial charge in [0.2, 0.25) is 0 Å². The highest BCUT2D eigenvalue weighted by Crippen LogP contribution is 2.18. The molecule has 1 nitrogen and oxygen atoms in total. The molecule has 1 rings (SSSR count). The van der Waals surface area contributed by atoms with Gasteiger partial charge in [-0.2, -0.15) is 0 Å². The fraction of sp³-hybridized carbons (Fsp3) is 0.818. The van der Waals surface area contributed by atoms with Crippen molar-refractivity contribution in [2.45, 2.75) is 33.6 Å². The van der Waals surface area contributed by atoms with Crippen LogP contribution in [-0.4, -0.2) is 24.5 Å². The van der Waals surface area contributed by atoms with Gasteiger partial charge in [-0.15, -0.1) is 0 Å². The Labute approximate surface area is 76.5 Å². The molecular weight excluding hydrogens is 146 g/mol. The first-order chi connectivity index (χ1) is 5.74. The highest BCUT2D eigenvalue weighted by Gasteiger charge is 2.09. The van der Waals surface area contributed by atoms with Crippen LogP contribution in [0.25, 0.3) is 0 Å². The molecule has 0 amide bonds. The Morgan fingerprint density at radius 3 is 2.83 bits per heavy atom. The molecule has 0 aromatic rings. The summed E-state index contributed by atoms with van der Waals surface area (Å²) in [5, 5.41) is 0. The van der Waals surface area contributed by atoms with Crippen molar-refractivity contribution in [3.63, 3.8) is 0 Å². The second-order valence-corrected chi connectivity index (χ2v) is 3.93. The summed E-state index contributed by atoms with van der Waals surface area (Å²) in [7, 11) is 0. The Hall–Kier alpha value is -0.300. The predicted molar refractivity (Wildman–Crippen MR) is 54.3 cm³/mol. The van der Waals surface area contributed by atoms with E-state index in [1.165, 1.54) is 32.5 Å². The summed E-state index contributed by atoms with van der Waals surface area (Å²) in [5.74, 6) is 0.752. The van der Waals surface area contributed by atoms with E-state index in [0.29, 0.717) is 0 Å². The van der Waals surface area contributed by atoms with Crippen LogP contribution in [0.5, 0.6) is 0 Å². The van der Waals surface area contributed by atoms with E-state index < -0.39 is 0 Å². The molecule has 0 aromatic carbocycles. The molecule has 0 N–H and O–H groups in total. The van der Waals surface area contributed by atoms with Gasteiger partial charge in [0.15, 0.2) is 0 Å². The van der Waals surface area contributed by atoms with Crippen LogP contribution in [0.3, 0.4) is 0 Å². The fourth-order valence-electron chi connectivity index (χ4n) is 1.76. The lowest BCUT2D eigenvalue weighted by Gasteiger charge is -2.15. The summed E-state index contributed by atoms with van der Waals surface area (Å²) >= 11 is 0. The van der Waals surface area contributed by atoms with Crippen LogP contribution >= 0.6 is 0 Å². The Morgan fingerprint density at radius 2 is 2.25 bits per heavy atom. The molecule has 0 saturated heterocycles. The molecule has 1 aliphatic rings. The van der Waals surface area contributed by atoms with Gasteiger partial charge in [0.05, 0.1) is 0 Å². The summed E-state index contributed by atoms with van der Waals surface area (Å²) in [6.45, 7) is 10.5. The molecule has 70 valence electrons. The van der Waals surface area contributed by atoms with E-state index in [1.807, 2.05) is 0 Å². The summed E-state index contributed by atoms with van der Waals surface area (Å²) in [4.78, 5) is 2.51. The van der Waals surface area contributed by atoms with E-state index >= 15 is 0 Å². The molecule has 1 aliphatic heterocycles. The van der Waals surface area contributed by atoms with Gasteiger partial charge in [-0.1, -0.05) is 32.4 Å². The maximum absolute atomic E-state index is 2.51. The van der Waals surface area contributed by atoms with Crippen molar-refractivity contribution >= 4 is 0 Å². The zero-order valence-corrected chi connectivity index (χ0v) is 8.64. The van der Waals surface area contributed by atoms with E-state index in [0.717, 1.165) is 5.92 Å². The van der Waals surface area contributed by atoms with E-state index in [9.17, 15) is 0 Å². The maximum Gasteiger partial charge on any atom is 0.0165 e. The number of nitrogens with zero attached hydrogens (tertiary/aromatic N) is 1. The third-order valence-electron chi connectivity index (χ3n) is 2.74. The second kappa shape index (κ2) is 4.66. The van der Waals surface area contributed by atoms with Gasteiger partial charge in [-0.3, -0.25) is 4.90 Å². The number of hydrogen-bond acceptors (Lipinski definition) is 1. The number of likely N-dealkylation sites (N-methyl/N-ethyl adjacent to an activating group) is 1. The molecule has 0 atom stereocenters. The summed E-state index contributed by atoms with van der Waals surface area (Å²) < 4.78 is 0. The molecule has 1 heteroatoms. The molecule has 0 unspecified atom stereocenters. The number of allylic oxidation sites excluding steroid dienone is 1. The first-order valence-electron chi connectivity index (χ1n) is 5.15. The van der Waals surface area contributed by atoms with Gasteiger partial charge in [0.25, 0.3) is 0 Å². The lowest BCUT2D eigenvalue weighted by Crippen LogP contribution is -2.23. The van der Waals surface area contributed by atoms with Crippen molar-refractivity contribution in [3.8, 4) is 0 Å². The minimum Gasteiger partial charge on any atom is -0.300 e. The summed E-state index contributed by atoms with van der Waals surface area (Å²) in [6.07, 6.45) is 5.09. The molecule has 0 fully saturated rings. The normalized spacial score (nSPS) is 20.8. The van der Waals surface area contributed by atoms with Gasteiger partial charge < -0.3 is 0 Å². The van der Waals surface area contributed by atoms with Crippen LogP contribution in [0.2, 0.25) is 0 Å². The minimum absolute atomic E-state index is 0.752. The Bertz CT molecular complexity index is 158. The van der Waals surface area contributed by atoms with E-state index in [-0.39, 0.29) is 0 Å². The van der Waals surface area contributed by atoms with Gasteiger partial charge in [0, 0.05) is 6.54 Å². The van der Waals surface area contributed by atoms with Gasteiger partial charge in [-0.25, -0.2) is 0 Å². The van der Waals surface area contributed by atoms with Crippen molar-refractivity contribution in [2.75, 3.05) is 19.6 Å². The topological polar surface area (TPSA) is 3.24 Å². The largest absolute Gasteiger partial charge is 0.300 e. The second-order valence-electron chi connectivity index (χ2n) is 3.93. The molecule has 0 saturated carbocycles. The van der Waals surface area contributed by atoms with E-state index in [1.54, 1.807) is 5.57 Å². The molecule has 0 radical (unpaired) electrons. The SMILES string of the molecule is CCN1CC=C(C(C)C)CCC1. The van der Waals surface area contributed by atoms with Crippen molar-refractivity contribution in [1.82, 2.24) is 4.90 Å². The van der Waals surface area contributed by atoms with Crippen molar-refractivity contribution in [1.29, 1.82) is 0 Å². The quantitative estimate of drug-likeness (QED) is 0.572. The zero-order chi connectivity index (χ0) is 8.97. The smallest absolute Gasteiger partial charge is 0.0165 e. The van der Waals surface area contributed by atoms with E-state index in [2.05, 4.69) is 31.7 Å². The van der Waals surface area contributed by atoms with Crippen LogP contribution in [0, 0.1) is 5.92 Å². The van der Waals surface area contributed by atoms with Gasteiger partial charge in [0.1, 0.15) is 0 Å². The third kappa shape index (κ3) is 2.63. The van der Waals surface area contributed by atoms with Crippen LogP contribution in [0.4, 0.5) is 0 Å². The molecule has 0 bridgehead atoms. The van der Waals surface area contributed by atoms with Gasteiger partial charge in [-0.05, 0) is 31.8 Å². The van der Waals surface area contributed by atoms with Crippen LogP contribution in [0.15, 0.2) is 11.6 Å². The first kappa shape index (κ1) is 9.79.